The standard InChI is InChI=1S/C18H16ClNO2/c1-12-10-20(11-13-2-5-15(19)6-3-13)17-8-14(9-18(21)22)4-7-16(12)17/h2-8,10H,9,11H2,1H3,(H,21,22). The molecule has 0 bridgehead atoms. The molecular weight excluding hydrogens is 298 g/mol. The van der Waals surface area contributed by atoms with Crippen molar-refractivity contribution in [1.29, 1.82) is 0 Å². The summed E-state index contributed by atoms with van der Waals surface area (Å²) in [5.74, 6) is -0.813. The molecule has 0 amide bonds. The number of rotatable bonds is 4. The number of halogens is 1. The Kier molecular flexibility index (Phi) is 3.90. The maximum absolute atomic E-state index is 10.9. The number of carbonyl (C=O) groups is 1. The first-order valence-corrected chi connectivity index (χ1v) is 7.45. The summed E-state index contributed by atoms with van der Waals surface area (Å²) in [7, 11) is 0. The third kappa shape index (κ3) is 3.00. The predicted molar refractivity (Wildman–Crippen MR) is 88.6 cm³/mol. The van der Waals surface area contributed by atoms with Gasteiger partial charge in [0.25, 0.3) is 0 Å². The molecule has 0 saturated heterocycles. The molecule has 22 heavy (non-hydrogen) atoms. The van der Waals surface area contributed by atoms with E-state index >= 15 is 0 Å². The second-order valence-corrected chi connectivity index (χ2v) is 5.92. The number of aryl methyl sites for hydroxylation is 1. The highest BCUT2D eigenvalue weighted by atomic mass is 35.5. The first kappa shape index (κ1) is 14.7. The van der Waals surface area contributed by atoms with E-state index in [1.54, 1.807) is 0 Å². The molecule has 112 valence electrons. The molecule has 1 N–H and O–H groups in total. The van der Waals surface area contributed by atoms with Crippen LogP contribution in [0.3, 0.4) is 0 Å². The monoisotopic (exact) mass is 313 g/mol. The van der Waals surface area contributed by atoms with Crippen molar-refractivity contribution in [3.05, 3.63) is 70.4 Å². The molecule has 1 aromatic heterocycles. The van der Waals surface area contributed by atoms with E-state index in [4.69, 9.17) is 16.7 Å². The molecule has 0 atom stereocenters. The minimum Gasteiger partial charge on any atom is -0.481 e. The molecule has 0 radical (unpaired) electrons. The van der Waals surface area contributed by atoms with Crippen LogP contribution in [0, 0.1) is 6.92 Å². The summed E-state index contributed by atoms with van der Waals surface area (Å²) in [5, 5.41) is 10.8. The van der Waals surface area contributed by atoms with Gasteiger partial charge in [-0.05, 0) is 41.8 Å². The lowest BCUT2D eigenvalue weighted by molar-refractivity contribution is -0.136. The first-order chi connectivity index (χ1) is 10.5. The van der Waals surface area contributed by atoms with Crippen LogP contribution >= 0.6 is 11.6 Å². The molecule has 0 spiro atoms. The van der Waals surface area contributed by atoms with Crippen molar-refractivity contribution in [2.24, 2.45) is 0 Å². The lowest BCUT2D eigenvalue weighted by Crippen LogP contribution is -2.01. The Hall–Kier alpha value is -2.26. The number of fused-ring (bicyclic) bond motifs is 1. The van der Waals surface area contributed by atoms with Crippen molar-refractivity contribution >= 4 is 28.5 Å². The Bertz CT molecular complexity index is 834. The Balaban J connectivity index is 2.00. The van der Waals surface area contributed by atoms with Gasteiger partial charge < -0.3 is 9.67 Å². The molecule has 2 aromatic carbocycles. The van der Waals surface area contributed by atoms with Gasteiger partial charge in [-0.3, -0.25) is 4.79 Å². The summed E-state index contributed by atoms with van der Waals surface area (Å²) in [6, 6.07) is 13.6. The van der Waals surface area contributed by atoms with Crippen molar-refractivity contribution in [3.63, 3.8) is 0 Å². The van der Waals surface area contributed by atoms with Crippen molar-refractivity contribution in [2.75, 3.05) is 0 Å². The van der Waals surface area contributed by atoms with Crippen LogP contribution in [0.15, 0.2) is 48.7 Å². The van der Waals surface area contributed by atoms with Gasteiger partial charge in [0.1, 0.15) is 0 Å². The van der Waals surface area contributed by atoms with Crippen LogP contribution in [-0.2, 0) is 17.8 Å². The van der Waals surface area contributed by atoms with E-state index in [-0.39, 0.29) is 6.42 Å². The van der Waals surface area contributed by atoms with E-state index in [0.29, 0.717) is 0 Å². The topological polar surface area (TPSA) is 42.2 Å². The number of hydrogen-bond donors (Lipinski definition) is 1. The van der Waals surface area contributed by atoms with Gasteiger partial charge in [-0.25, -0.2) is 0 Å². The molecule has 3 rings (SSSR count). The molecule has 0 aliphatic heterocycles. The van der Waals surface area contributed by atoms with Crippen molar-refractivity contribution < 1.29 is 9.90 Å². The van der Waals surface area contributed by atoms with Gasteiger partial charge in [-0.1, -0.05) is 35.9 Å². The summed E-state index contributed by atoms with van der Waals surface area (Å²) in [6.45, 7) is 2.80. The Labute approximate surface area is 133 Å². The number of carboxylic acid groups (broad SMARTS) is 1. The number of aromatic nitrogens is 1. The van der Waals surface area contributed by atoms with Crippen LogP contribution in [0.2, 0.25) is 5.02 Å². The van der Waals surface area contributed by atoms with Gasteiger partial charge in [0.05, 0.1) is 6.42 Å². The van der Waals surface area contributed by atoms with Gasteiger partial charge in [-0.2, -0.15) is 0 Å². The van der Waals surface area contributed by atoms with Gasteiger partial charge in [0.2, 0.25) is 0 Å². The van der Waals surface area contributed by atoms with Crippen LogP contribution in [0.1, 0.15) is 16.7 Å². The molecule has 0 aliphatic carbocycles. The zero-order chi connectivity index (χ0) is 15.7. The number of aliphatic carboxylic acids is 1. The zero-order valence-electron chi connectivity index (χ0n) is 12.2. The van der Waals surface area contributed by atoms with E-state index in [1.165, 1.54) is 5.56 Å². The lowest BCUT2D eigenvalue weighted by atomic mass is 10.1. The molecule has 3 aromatic rings. The summed E-state index contributed by atoms with van der Waals surface area (Å²) >= 11 is 5.92. The second kappa shape index (κ2) is 5.85. The fourth-order valence-electron chi connectivity index (χ4n) is 2.72. The first-order valence-electron chi connectivity index (χ1n) is 7.07. The van der Waals surface area contributed by atoms with E-state index in [1.807, 2.05) is 42.5 Å². The van der Waals surface area contributed by atoms with Crippen molar-refractivity contribution in [1.82, 2.24) is 4.57 Å². The fourth-order valence-corrected chi connectivity index (χ4v) is 2.85. The molecule has 0 aliphatic rings. The van der Waals surface area contributed by atoms with Gasteiger partial charge in [0.15, 0.2) is 0 Å². The number of hydrogen-bond acceptors (Lipinski definition) is 1. The average Bonchev–Trinajstić information content (AvgIpc) is 2.77. The third-order valence-corrected chi connectivity index (χ3v) is 4.02. The van der Waals surface area contributed by atoms with E-state index in [9.17, 15) is 4.79 Å². The quantitative estimate of drug-likeness (QED) is 0.781. The zero-order valence-corrected chi connectivity index (χ0v) is 13.0. The van der Waals surface area contributed by atoms with E-state index < -0.39 is 5.97 Å². The molecule has 3 nitrogen and oxygen atoms in total. The van der Waals surface area contributed by atoms with E-state index in [0.717, 1.165) is 33.6 Å². The molecule has 1 heterocycles. The minimum absolute atomic E-state index is 0.0428. The summed E-state index contributed by atoms with van der Waals surface area (Å²) < 4.78 is 2.15. The maximum Gasteiger partial charge on any atom is 0.307 e. The highest BCUT2D eigenvalue weighted by molar-refractivity contribution is 6.30. The largest absolute Gasteiger partial charge is 0.481 e. The summed E-state index contributed by atoms with van der Waals surface area (Å²) in [4.78, 5) is 10.9. The number of carboxylic acids is 1. The van der Waals surface area contributed by atoms with Crippen molar-refractivity contribution in [3.8, 4) is 0 Å². The normalized spacial score (nSPS) is 11.0. The van der Waals surface area contributed by atoms with Crippen LogP contribution in [0.4, 0.5) is 0 Å². The third-order valence-electron chi connectivity index (χ3n) is 3.77. The van der Waals surface area contributed by atoms with Crippen LogP contribution < -0.4 is 0 Å². The van der Waals surface area contributed by atoms with Gasteiger partial charge in [-0.15, -0.1) is 0 Å². The maximum atomic E-state index is 10.9. The van der Waals surface area contributed by atoms with Crippen molar-refractivity contribution in [2.45, 2.75) is 19.9 Å². The van der Waals surface area contributed by atoms with E-state index in [2.05, 4.69) is 17.7 Å². The summed E-state index contributed by atoms with van der Waals surface area (Å²) in [6.07, 6.45) is 2.14. The van der Waals surface area contributed by atoms with Crippen LogP contribution in [-0.4, -0.2) is 15.6 Å². The molecule has 0 fully saturated rings. The fraction of sp³-hybridized carbons (Fsp3) is 0.167. The molecule has 4 heteroatoms. The predicted octanol–water partition coefficient (Wildman–Crippen LogP) is 4.28. The highest BCUT2D eigenvalue weighted by Gasteiger charge is 2.08. The highest BCUT2D eigenvalue weighted by Crippen LogP contribution is 2.24. The Morgan fingerprint density at radius 2 is 1.82 bits per heavy atom. The lowest BCUT2D eigenvalue weighted by Gasteiger charge is -2.07. The molecular formula is C18H16ClNO2. The number of benzene rings is 2. The SMILES string of the molecule is Cc1cn(Cc2ccc(Cl)cc2)c2cc(CC(=O)O)ccc12. The summed E-state index contributed by atoms with van der Waals surface area (Å²) in [5.41, 5.74) is 4.22. The van der Waals surface area contributed by atoms with Crippen LogP contribution in [0.5, 0.6) is 0 Å². The smallest absolute Gasteiger partial charge is 0.307 e. The Morgan fingerprint density at radius 3 is 2.50 bits per heavy atom. The molecule has 0 saturated carbocycles. The average molecular weight is 314 g/mol. The Morgan fingerprint density at radius 1 is 1.14 bits per heavy atom. The van der Waals surface area contributed by atoms with Gasteiger partial charge >= 0.3 is 5.97 Å². The van der Waals surface area contributed by atoms with Gasteiger partial charge in [0, 0.05) is 28.7 Å². The second-order valence-electron chi connectivity index (χ2n) is 5.49. The number of nitrogens with zero attached hydrogens (tertiary/aromatic N) is 1. The molecule has 0 unspecified atom stereocenters. The van der Waals surface area contributed by atoms with Crippen LogP contribution in [0.25, 0.3) is 10.9 Å². The minimum atomic E-state index is -0.813.